The van der Waals surface area contributed by atoms with Crippen LogP contribution in [0.3, 0.4) is 0 Å². The van der Waals surface area contributed by atoms with Gasteiger partial charge in [0.05, 0.1) is 36.3 Å². The summed E-state index contributed by atoms with van der Waals surface area (Å²) in [5.74, 6) is -0.309. The van der Waals surface area contributed by atoms with Crippen LogP contribution in [0.5, 0.6) is 5.75 Å². The Balaban J connectivity index is 1.53. The van der Waals surface area contributed by atoms with Crippen molar-refractivity contribution in [3.63, 3.8) is 0 Å². The van der Waals surface area contributed by atoms with Crippen LogP contribution in [0.25, 0.3) is 0 Å². The number of hydrogen-bond acceptors (Lipinski definition) is 6. The first-order valence-electron chi connectivity index (χ1n) is 14.3. The molecule has 4 aromatic rings. The zero-order chi connectivity index (χ0) is 32.2. The van der Waals surface area contributed by atoms with Crippen LogP contribution in [0.1, 0.15) is 45.1 Å². The Hall–Kier alpha value is -4.34. The summed E-state index contributed by atoms with van der Waals surface area (Å²) in [5.41, 5.74) is 1.25. The number of benzene rings is 4. The van der Waals surface area contributed by atoms with Crippen LogP contribution in [0.4, 0.5) is 13.2 Å². The number of carbonyl (C=O) groups is 2. The summed E-state index contributed by atoms with van der Waals surface area (Å²) < 4.78 is 57.5. The van der Waals surface area contributed by atoms with Gasteiger partial charge in [-0.05, 0) is 53.4 Å². The largest absolute Gasteiger partial charge is 0.494 e. The lowest BCUT2D eigenvalue weighted by molar-refractivity contribution is -0.140. The molecule has 0 fully saturated rings. The Morgan fingerprint density at radius 1 is 0.889 bits per heavy atom. The number of halogens is 4. The van der Waals surface area contributed by atoms with Gasteiger partial charge in [0, 0.05) is 19.6 Å². The summed E-state index contributed by atoms with van der Waals surface area (Å²) in [6.45, 7) is 0.933. The Morgan fingerprint density at radius 3 is 2.27 bits per heavy atom. The summed E-state index contributed by atoms with van der Waals surface area (Å²) in [7, 11) is 1.33. The second-order valence-electron chi connectivity index (χ2n) is 10.3. The van der Waals surface area contributed by atoms with Crippen molar-refractivity contribution in [1.82, 2.24) is 4.90 Å². The van der Waals surface area contributed by atoms with Crippen LogP contribution in [0.2, 0.25) is 5.02 Å². The van der Waals surface area contributed by atoms with Gasteiger partial charge in [-0.1, -0.05) is 84.4 Å². The molecule has 0 N–H and O–H groups in total. The summed E-state index contributed by atoms with van der Waals surface area (Å²) in [6.07, 6.45) is -4.72. The first-order chi connectivity index (χ1) is 21.6. The molecule has 0 radical (unpaired) electrons. The molecular formula is C35H33ClF3NO5. The first-order valence-corrected chi connectivity index (χ1v) is 14.7. The van der Waals surface area contributed by atoms with Crippen LogP contribution >= 0.6 is 11.6 Å². The summed E-state index contributed by atoms with van der Waals surface area (Å²) in [5, 5.41) is -0.369. The van der Waals surface area contributed by atoms with Crippen molar-refractivity contribution < 1.29 is 37.0 Å². The molecule has 0 saturated heterocycles. The van der Waals surface area contributed by atoms with E-state index in [0.717, 1.165) is 17.2 Å². The van der Waals surface area contributed by atoms with Crippen molar-refractivity contribution in [1.29, 1.82) is 0 Å². The van der Waals surface area contributed by atoms with Crippen molar-refractivity contribution in [2.45, 2.75) is 31.7 Å². The van der Waals surface area contributed by atoms with Gasteiger partial charge in [-0.3, -0.25) is 9.69 Å². The second kappa shape index (κ2) is 16.1. The molecule has 4 aromatic carbocycles. The quantitative estimate of drug-likeness (QED) is 0.103. The Kier molecular flexibility index (Phi) is 12.0. The van der Waals surface area contributed by atoms with Gasteiger partial charge in [0.1, 0.15) is 11.9 Å². The molecule has 4 rings (SSSR count). The number of alkyl halides is 3. The predicted octanol–water partition coefficient (Wildman–Crippen LogP) is 7.94. The minimum absolute atomic E-state index is 0.0730. The van der Waals surface area contributed by atoms with Gasteiger partial charge in [0.2, 0.25) is 0 Å². The van der Waals surface area contributed by atoms with E-state index in [-0.39, 0.29) is 37.1 Å². The summed E-state index contributed by atoms with van der Waals surface area (Å²) in [6, 6.07) is 28.7. The van der Waals surface area contributed by atoms with Gasteiger partial charge in [0.15, 0.2) is 0 Å². The number of esters is 2. The van der Waals surface area contributed by atoms with E-state index in [1.54, 1.807) is 60.7 Å². The third-order valence-electron chi connectivity index (χ3n) is 6.99. The van der Waals surface area contributed by atoms with E-state index in [1.807, 2.05) is 35.2 Å². The maximum atomic E-state index is 13.6. The van der Waals surface area contributed by atoms with Gasteiger partial charge >= 0.3 is 18.1 Å². The van der Waals surface area contributed by atoms with E-state index in [9.17, 15) is 22.8 Å². The monoisotopic (exact) mass is 639 g/mol. The lowest BCUT2D eigenvalue weighted by Gasteiger charge is -2.28. The summed E-state index contributed by atoms with van der Waals surface area (Å²) >= 11 is 6.27. The van der Waals surface area contributed by atoms with Gasteiger partial charge < -0.3 is 14.2 Å². The number of hydrogen-bond donors (Lipinski definition) is 0. The topological polar surface area (TPSA) is 65.1 Å². The van der Waals surface area contributed by atoms with Gasteiger partial charge in [0.25, 0.3) is 0 Å². The molecule has 10 heteroatoms. The van der Waals surface area contributed by atoms with Crippen LogP contribution in [0.15, 0.2) is 103 Å². The maximum absolute atomic E-state index is 13.6. The molecule has 0 aliphatic heterocycles. The highest BCUT2D eigenvalue weighted by atomic mass is 35.5. The van der Waals surface area contributed by atoms with Crippen LogP contribution < -0.4 is 4.74 Å². The Bertz CT molecular complexity index is 1550. The molecule has 0 spiro atoms. The van der Waals surface area contributed by atoms with Crippen LogP contribution in [-0.4, -0.2) is 43.6 Å². The zero-order valence-corrected chi connectivity index (χ0v) is 25.4. The second-order valence-corrected chi connectivity index (χ2v) is 10.7. The van der Waals surface area contributed by atoms with Gasteiger partial charge in [-0.2, -0.15) is 13.2 Å². The average molecular weight is 640 g/mol. The van der Waals surface area contributed by atoms with E-state index < -0.39 is 23.8 Å². The third kappa shape index (κ3) is 10.1. The summed E-state index contributed by atoms with van der Waals surface area (Å²) in [4.78, 5) is 26.6. The minimum Gasteiger partial charge on any atom is -0.494 e. The highest BCUT2D eigenvalue weighted by Gasteiger charge is 2.34. The molecule has 0 heterocycles. The Morgan fingerprint density at radius 2 is 1.58 bits per heavy atom. The highest BCUT2D eigenvalue weighted by Crippen LogP contribution is 2.37. The lowest BCUT2D eigenvalue weighted by Crippen LogP contribution is -2.32. The predicted molar refractivity (Wildman–Crippen MR) is 165 cm³/mol. The maximum Gasteiger partial charge on any atom is 0.417 e. The van der Waals surface area contributed by atoms with Gasteiger partial charge in [-0.15, -0.1) is 0 Å². The number of rotatable bonds is 14. The average Bonchev–Trinajstić information content (AvgIpc) is 3.04. The SMILES string of the molecule is COC(=O)Cc1cccc(OCCCN(Cc2cccc(C(F)(F)F)c2Cl)CC(OC(=O)c2ccccc2)c2ccccc2)c1. The van der Waals surface area contributed by atoms with Crippen molar-refractivity contribution in [3.8, 4) is 5.75 Å². The molecule has 6 nitrogen and oxygen atoms in total. The van der Waals surface area contributed by atoms with Crippen molar-refractivity contribution >= 4 is 23.5 Å². The number of methoxy groups -OCH3 is 1. The molecule has 0 bridgehead atoms. The fourth-order valence-corrected chi connectivity index (χ4v) is 5.04. The zero-order valence-electron chi connectivity index (χ0n) is 24.6. The van der Waals surface area contributed by atoms with Crippen LogP contribution in [-0.2, 0) is 33.4 Å². The third-order valence-corrected chi connectivity index (χ3v) is 7.44. The smallest absolute Gasteiger partial charge is 0.417 e. The standard InChI is InChI=1S/C35H33ClF3NO5/c1-43-32(41)22-25-11-8-17-29(21-25)44-20-10-19-40(23-28-16-9-18-30(33(28)36)35(37,38)39)24-31(26-12-4-2-5-13-26)45-34(42)27-14-6-3-7-15-27/h2-9,11-18,21,31H,10,19-20,22-24H2,1H3. The van der Waals surface area contributed by atoms with Crippen LogP contribution in [0, 0.1) is 0 Å². The van der Waals surface area contributed by atoms with Crippen molar-refractivity contribution in [2.24, 2.45) is 0 Å². The number of nitrogens with zero attached hydrogens (tertiary/aromatic N) is 1. The number of carbonyl (C=O) groups excluding carboxylic acids is 2. The molecule has 0 saturated carbocycles. The van der Waals surface area contributed by atoms with E-state index >= 15 is 0 Å². The normalized spacial score (nSPS) is 12.0. The van der Waals surface area contributed by atoms with E-state index in [4.69, 9.17) is 25.8 Å². The molecular weight excluding hydrogens is 607 g/mol. The van der Waals surface area contributed by atoms with E-state index in [1.165, 1.54) is 13.2 Å². The molecule has 0 aromatic heterocycles. The molecule has 45 heavy (non-hydrogen) atoms. The highest BCUT2D eigenvalue weighted by molar-refractivity contribution is 6.32. The molecule has 0 aliphatic carbocycles. The fraction of sp³-hybridized carbons (Fsp3) is 0.257. The molecule has 1 unspecified atom stereocenters. The lowest BCUT2D eigenvalue weighted by atomic mass is 10.1. The molecule has 1 atom stereocenters. The van der Waals surface area contributed by atoms with Crippen molar-refractivity contribution in [2.75, 3.05) is 26.8 Å². The van der Waals surface area contributed by atoms with E-state index in [0.29, 0.717) is 29.8 Å². The minimum atomic E-state index is -4.61. The Labute approximate surface area is 265 Å². The van der Waals surface area contributed by atoms with Gasteiger partial charge in [-0.25, -0.2) is 4.79 Å². The van der Waals surface area contributed by atoms with Crippen molar-refractivity contribution in [3.05, 3.63) is 136 Å². The fourth-order valence-electron chi connectivity index (χ4n) is 4.74. The first kappa shape index (κ1) is 33.6. The molecule has 0 aliphatic rings. The molecule has 236 valence electrons. The number of ether oxygens (including phenoxy) is 3. The molecule has 0 amide bonds. The van der Waals surface area contributed by atoms with E-state index in [2.05, 4.69) is 0 Å².